The second kappa shape index (κ2) is 7.48. The van der Waals surface area contributed by atoms with Crippen LogP contribution in [0.2, 0.25) is 0 Å². The van der Waals surface area contributed by atoms with Gasteiger partial charge in [-0.25, -0.2) is 4.79 Å². The minimum absolute atomic E-state index is 0.0941. The molecule has 23 heavy (non-hydrogen) atoms. The van der Waals surface area contributed by atoms with Gasteiger partial charge in [0.2, 0.25) is 0 Å². The zero-order valence-electron chi connectivity index (χ0n) is 13.0. The Morgan fingerprint density at radius 3 is 3.09 bits per heavy atom. The lowest BCUT2D eigenvalue weighted by Crippen LogP contribution is -2.27. The van der Waals surface area contributed by atoms with Gasteiger partial charge in [-0.1, -0.05) is 12.1 Å². The molecule has 0 aliphatic carbocycles. The van der Waals surface area contributed by atoms with E-state index >= 15 is 0 Å². The van der Waals surface area contributed by atoms with Gasteiger partial charge in [0.15, 0.2) is 0 Å². The van der Waals surface area contributed by atoms with Gasteiger partial charge in [0.1, 0.15) is 11.9 Å². The van der Waals surface area contributed by atoms with E-state index in [1.807, 2.05) is 42.6 Å². The Morgan fingerprint density at radius 1 is 1.43 bits per heavy atom. The third-order valence-corrected chi connectivity index (χ3v) is 4.51. The van der Waals surface area contributed by atoms with Crippen molar-refractivity contribution < 1.29 is 14.3 Å². The van der Waals surface area contributed by atoms with E-state index in [-0.39, 0.29) is 12.1 Å². The fourth-order valence-corrected chi connectivity index (χ4v) is 2.99. The Hall–Kier alpha value is -2.05. The molecule has 1 atom stereocenters. The third kappa shape index (κ3) is 4.46. The van der Waals surface area contributed by atoms with Crippen molar-refractivity contribution in [1.82, 2.24) is 5.32 Å². The predicted octanol–water partition coefficient (Wildman–Crippen LogP) is 3.55. The molecule has 1 saturated heterocycles. The van der Waals surface area contributed by atoms with Crippen LogP contribution in [0.4, 0.5) is 10.5 Å². The first-order valence-corrected chi connectivity index (χ1v) is 8.51. The number of amides is 2. The van der Waals surface area contributed by atoms with Crippen molar-refractivity contribution in [2.45, 2.75) is 26.0 Å². The van der Waals surface area contributed by atoms with E-state index < -0.39 is 0 Å². The molecule has 0 radical (unpaired) electrons. The maximum atomic E-state index is 12.0. The molecule has 1 aromatic heterocycles. The quantitative estimate of drug-likeness (QED) is 0.880. The lowest BCUT2D eigenvalue weighted by Gasteiger charge is -2.15. The SMILES string of the molecule is Cc1ccc(NC(=O)NCc2cccs2)cc1O[C@H]1CCOC1. The number of aryl methyl sites for hydroxylation is 1. The fraction of sp³-hybridized carbons (Fsp3) is 0.353. The molecule has 0 bridgehead atoms. The fourth-order valence-electron chi connectivity index (χ4n) is 2.35. The summed E-state index contributed by atoms with van der Waals surface area (Å²) in [6.07, 6.45) is 0.995. The highest BCUT2D eigenvalue weighted by molar-refractivity contribution is 7.09. The molecule has 0 unspecified atom stereocenters. The summed E-state index contributed by atoms with van der Waals surface area (Å²) in [5, 5.41) is 7.67. The van der Waals surface area contributed by atoms with Gasteiger partial charge in [-0.3, -0.25) is 0 Å². The van der Waals surface area contributed by atoms with Crippen LogP contribution in [0.15, 0.2) is 35.7 Å². The molecule has 1 aliphatic heterocycles. The lowest BCUT2D eigenvalue weighted by atomic mass is 10.2. The van der Waals surface area contributed by atoms with E-state index in [9.17, 15) is 4.79 Å². The summed E-state index contributed by atoms with van der Waals surface area (Å²) in [6.45, 7) is 3.88. The largest absolute Gasteiger partial charge is 0.488 e. The molecule has 2 heterocycles. The predicted molar refractivity (Wildman–Crippen MR) is 91.2 cm³/mol. The first-order valence-electron chi connectivity index (χ1n) is 7.63. The van der Waals surface area contributed by atoms with Crippen molar-refractivity contribution in [3.8, 4) is 5.75 Å². The van der Waals surface area contributed by atoms with Crippen LogP contribution in [0.3, 0.4) is 0 Å². The first kappa shape index (κ1) is 15.8. The van der Waals surface area contributed by atoms with Crippen molar-refractivity contribution in [3.63, 3.8) is 0 Å². The number of urea groups is 1. The van der Waals surface area contributed by atoms with Crippen LogP contribution in [-0.2, 0) is 11.3 Å². The molecule has 2 N–H and O–H groups in total. The number of anilines is 1. The van der Waals surface area contributed by atoms with Crippen LogP contribution < -0.4 is 15.4 Å². The van der Waals surface area contributed by atoms with Crippen LogP contribution in [0.1, 0.15) is 16.9 Å². The van der Waals surface area contributed by atoms with Gasteiger partial charge in [-0.2, -0.15) is 0 Å². The molecular formula is C17H20N2O3S. The summed E-state index contributed by atoms with van der Waals surface area (Å²) in [7, 11) is 0. The molecule has 1 aliphatic rings. The minimum atomic E-state index is -0.225. The topological polar surface area (TPSA) is 59.6 Å². The van der Waals surface area contributed by atoms with Crippen LogP contribution in [-0.4, -0.2) is 25.3 Å². The van der Waals surface area contributed by atoms with Gasteiger partial charge in [0, 0.05) is 23.1 Å². The van der Waals surface area contributed by atoms with Gasteiger partial charge in [-0.15, -0.1) is 11.3 Å². The Bertz CT molecular complexity index is 652. The summed E-state index contributed by atoms with van der Waals surface area (Å²) >= 11 is 1.62. The number of thiophene rings is 1. The number of ether oxygens (including phenoxy) is 2. The van der Waals surface area contributed by atoms with E-state index in [1.165, 1.54) is 0 Å². The zero-order chi connectivity index (χ0) is 16.1. The van der Waals surface area contributed by atoms with Gasteiger partial charge in [0.05, 0.1) is 19.8 Å². The Kier molecular flexibility index (Phi) is 5.15. The highest BCUT2D eigenvalue weighted by Gasteiger charge is 2.18. The van der Waals surface area contributed by atoms with Gasteiger partial charge >= 0.3 is 6.03 Å². The van der Waals surface area contributed by atoms with Crippen LogP contribution in [0.25, 0.3) is 0 Å². The molecule has 1 fully saturated rings. The highest BCUT2D eigenvalue weighted by atomic mass is 32.1. The van der Waals surface area contributed by atoms with E-state index in [0.29, 0.717) is 18.8 Å². The zero-order valence-corrected chi connectivity index (χ0v) is 13.8. The summed E-state index contributed by atoms with van der Waals surface area (Å²) in [5.41, 5.74) is 1.76. The van der Waals surface area contributed by atoms with Crippen LogP contribution in [0.5, 0.6) is 5.75 Å². The van der Waals surface area contributed by atoms with E-state index in [0.717, 1.165) is 29.2 Å². The molecule has 2 aromatic rings. The summed E-state index contributed by atoms with van der Waals surface area (Å²) in [4.78, 5) is 13.1. The third-order valence-electron chi connectivity index (χ3n) is 3.63. The molecule has 6 heteroatoms. The molecule has 0 spiro atoms. The Morgan fingerprint density at radius 2 is 2.35 bits per heavy atom. The molecule has 5 nitrogen and oxygen atoms in total. The monoisotopic (exact) mass is 332 g/mol. The van der Waals surface area contributed by atoms with Crippen molar-refractivity contribution in [3.05, 3.63) is 46.2 Å². The van der Waals surface area contributed by atoms with E-state index in [4.69, 9.17) is 9.47 Å². The smallest absolute Gasteiger partial charge is 0.319 e. The van der Waals surface area contributed by atoms with Crippen molar-refractivity contribution in [2.24, 2.45) is 0 Å². The lowest BCUT2D eigenvalue weighted by molar-refractivity contribution is 0.141. The first-order chi connectivity index (χ1) is 11.2. The van der Waals surface area contributed by atoms with Crippen LogP contribution >= 0.6 is 11.3 Å². The normalized spacial score (nSPS) is 17.0. The molecule has 3 rings (SSSR count). The average Bonchev–Trinajstić information content (AvgIpc) is 3.22. The number of benzene rings is 1. The number of carbonyl (C=O) groups is 1. The standard InChI is InChI=1S/C17H20N2O3S/c1-12-4-5-13(9-16(12)22-14-6-7-21-11-14)19-17(20)18-10-15-3-2-8-23-15/h2-5,8-9,14H,6-7,10-11H2,1H3,(H2,18,19,20)/t14-/m0/s1. The molecular weight excluding hydrogens is 312 g/mol. The van der Waals surface area contributed by atoms with Crippen molar-refractivity contribution >= 4 is 23.1 Å². The maximum Gasteiger partial charge on any atom is 0.319 e. The van der Waals surface area contributed by atoms with E-state index in [2.05, 4.69) is 10.6 Å². The van der Waals surface area contributed by atoms with Crippen molar-refractivity contribution in [1.29, 1.82) is 0 Å². The molecule has 0 saturated carbocycles. The average molecular weight is 332 g/mol. The Balaban J connectivity index is 1.57. The van der Waals surface area contributed by atoms with Gasteiger partial charge in [0.25, 0.3) is 0 Å². The highest BCUT2D eigenvalue weighted by Crippen LogP contribution is 2.25. The number of rotatable bonds is 5. The minimum Gasteiger partial charge on any atom is -0.488 e. The number of nitrogens with one attached hydrogen (secondary N) is 2. The second-order valence-electron chi connectivity index (χ2n) is 5.47. The summed E-state index contributed by atoms with van der Waals surface area (Å²) in [6, 6.07) is 9.41. The van der Waals surface area contributed by atoms with Crippen molar-refractivity contribution in [2.75, 3.05) is 18.5 Å². The number of hydrogen-bond acceptors (Lipinski definition) is 4. The number of hydrogen-bond donors (Lipinski definition) is 2. The summed E-state index contributed by atoms with van der Waals surface area (Å²) < 4.78 is 11.3. The molecule has 1 aromatic carbocycles. The second-order valence-corrected chi connectivity index (χ2v) is 6.50. The molecule has 2 amide bonds. The summed E-state index contributed by atoms with van der Waals surface area (Å²) in [5.74, 6) is 0.788. The number of carbonyl (C=O) groups excluding carboxylic acids is 1. The Labute approximate surface area is 139 Å². The molecule has 122 valence electrons. The van der Waals surface area contributed by atoms with E-state index in [1.54, 1.807) is 11.3 Å². The maximum absolute atomic E-state index is 12.0. The van der Waals surface area contributed by atoms with Crippen LogP contribution in [0, 0.1) is 6.92 Å². The van der Waals surface area contributed by atoms with Gasteiger partial charge < -0.3 is 20.1 Å². The van der Waals surface area contributed by atoms with Gasteiger partial charge in [-0.05, 0) is 30.0 Å².